The molecule has 0 bridgehead atoms. The number of ether oxygens (including phenoxy) is 1. The van der Waals surface area contributed by atoms with Crippen LogP contribution in [0.25, 0.3) is 0 Å². The van der Waals surface area contributed by atoms with Crippen LogP contribution in [0.2, 0.25) is 0 Å². The summed E-state index contributed by atoms with van der Waals surface area (Å²) in [5, 5.41) is 3.77. The minimum Gasteiger partial charge on any atom is -0.497 e. The van der Waals surface area contributed by atoms with Gasteiger partial charge in [-0.15, -0.1) is 0 Å². The Hall–Kier alpha value is -0.740. The standard InChI is InChI=1S/C12H18FNOS/c1-9(16-3)7-14-8-10-4-5-11(15-2)6-12(10)13/h4-6,9,14H,7-8H2,1-3H3. The molecule has 16 heavy (non-hydrogen) atoms. The van der Waals surface area contributed by atoms with Gasteiger partial charge >= 0.3 is 0 Å². The number of hydrogen-bond donors (Lipinski definition) is 1. The molecule has 4 heteroatoms. The van der Waals surface area contributed by atoms with E-state index in [9.17, 15) is 4.39 Å². The molecule has 1 aromatic rings. The highest BCUT2D eigenvalue weighted by Crippen LogP contribution is 2.16. The van der Waals surface area contributed by atoms with Gasteiger partial charge in [0, 0.05) is 30.0 Å². The number of nitrogens with one attached hydrogen (secondary N) is 1. The molecule has 90 valence electrons. The first-order valence-corrected chi connectivity index (χ1v) is 6.52. The van der Waals surface area contributed by atoms with Crippen LogP contribution in [0.5, 0.6) is 5.75 Å². The average molecular weight is 243 g/mol. The molecule has 1 atom stereocenters. The molecule has 0 aromatic heterocycles. The summed E-state index contributed by atoms with van der Waals surface area (Å²) in [6, 6.07) is 4.94. The summed E-state index contributed by atoms with van der Waals surface area (Å²) < 4.78 is 18.5. The fourth-order valence-corrected chi connectivity index (χ4v) is 1.58. The van der Waals surface area contributed by atoms with E-state index in [0.29, 0.717) is 23.1 Å². The van der Waals surface area contributed by atoms with Gasteiger partial charge < -0.3 is 10.1 Å². The lowest BCUT2D eigenvalue weighted by atomic mass is 10.2. The van der Waals surface area contributed by atoms with Gasteiger partial charge in [0.1, 0.15) is 11.6 Å². The quantitative estimate of drug-likeness (QED) is 0.830. The Labute approximate surface area is 101 Å². The third kappa shape index (κ3) is 4.02. The van der Waals surface area contributed by atoms with Gasteiger partial charge in [-0.1, -0.05) is 13.0 Å². The van der Waals surface area contributed by atoms with E-state index in [1.54, 1.807) is 23.9 Å². The van der Waals surface area contributed by atoms with Gasteiger partial charge in [0.05, 0.1) is 7.11 Å². The van der Waals surface area contributed by atoms with Gasteiger partial charge in [-0.05, 0) is 12.3 Å². The smallest absolute Gasteiger partial charge is 0.131 e. The van der Waals surface area contributed by atoms with Gasteiger partial charge in [-0.3, -0.25) is 0 Å². The van der Waals surface area contributed by atoms with Crippen molar-refractivity contribution in [3.8, 4) is 5.75 Å². The lowest BCUT2D eigenvalue weighted by Crippen LogP contribution is -2.22. The van der Waals surface area contributed by atoms with Crippen molar-refractivity contribution in [3.63, 3.8) is 0 Å². The Morgan fingerprint density at radius 3 is 2.81 bits per heavy atom. The van der Waals surface area contributed by atoms with Crippen molar-refractivity contribution >= 4 is 11.8 Å². The number of methoxy groups -OCH3 is 1. The fraction of sp³-hybridized carbons (Fsp3) is 0.500. The topological polar surface area (TPSA) is 21.3 Å². The maximum absolute atomic E-state index is 13.5. The molecule has 0 saturated heterocycles. The van der Waals surface area contributed by atoms with Crippen LogP contribution in [-0.2, 0) is 6.54 Å². The average Bonchev–Trinajstić information content (AvgIpc) is 2.30. The molecule has 1 aromatic carbocycles. The maximum atomic E-state index is 13.5. The van der Waals surface area contributed by atoms with Gasteiger partial charge in [-0.25, -0.2) is 4.39 Å². The molecule has 0 heterocycles. The summed E-state index contributed by atoms with van der Waals surface area (Å²) in [7, 11) is 1.53. The predicted octanol–water partition coefficient (Wildman–Crippen LogP) is 2.68. The van der Waals surface area contributed by atoms with Crippen molar-refractivity contribution in [2.45, 2.75) is 18.7 Å². The van der Waals surface area contributed by atoms with Crippen LogP contribution in [0.1, 0.15) is 12.5 Å². The van der Waals surface area contributed by atoms with Gasteiger partial charge in [0.25, 0.3) is 0 Å². The molecule has 0 aliphatic heterocycles. The summed E-state index contributed by atoms with van der Waals surface area (Å²) in [6.07, 6.45) is 2.07. The van der Waals surface area contributed by atoms with Crippen LogP contribution in [-0.4, -0.2) is 25.2 Å². The largest absolute Gasteiger partial charge is 0.497 e. The van der Waals surface area contributed by atoms with E-state index in [1.807, 2.05) is 0 Å². The molecule has 2 nitrogen and oxygen atoms in total. The number of halogens is 1. The maximum Gasteiger partial charge on any atom is 0.131 e. The van der Waals surface area contributed by atoms with E-state index in [-0.39, 0.29) is 5.82 Å². The highest BCUT2D eigenvalue weighted by molar-refractivity contribution is 7.99. The SMILES string of the molecule is COc1ccc(CNCC(C)SC)c(F)c1. The van der Waals surface area contributed by atoms with Crippen LogP contribution >= 0.6 is 11.8 Å². The Kier molecular flexibility index (Phi) is 5.63. The Balaban J connectivity index is 2.48. The molecule has 0 spiro atoms. The first-order valence-electron chi connectivity index (χ1n) is 5.23. The third-order valence-electron chi connectivity index (χ3n) is 2.41. The number of benzene rings is 1. The molecule has 0 aliphatic rings. The summed E-state index contributed by atoms with van der Waals surface area (Å²) in [5.74, 6) is 0.336. The first-order chi connectivity index (χ1) is 7.67. The summed E-state index contributed by atoms with van der Waals surface area (Å²) >= 11 is 1.79. The van der Waals surface area contributed by atoms with E-state index in [2.05, 4.69) is 18.5 Å². The lowest BCUT2D eigenvalue weighted by Gasteiger charge is -2.10. The highest BCUT2D eigenvalue weighted by Gasteiger charge is 2.04. The number of rotatable bonds is 6. The summed E-state index contributed by atoms with van der Waals surface area (Å²) in [6.45, 7) is 3.58. The second-order valence-corrected chi connectivity index (χ2v) is 4.91. The molecule has 1 rings (SSSR count). The van der Waals surface area contributed by atoms with Crippen molar-refractivity contribution < 1.29 is 9.13 Å². The van der Waals surface area contributed by atoms with Crippen LogP contribution in [0.15, 0.2) is 18.2 Å². The van der Waals surface area contributed by atoms with E-state index in [4.69, 9.17) is 4.74 Å². The zero-order valence-corrected chi connectivity index (χ0v) is 10.7. The zero-order chi connectivity index (χ0) is 12.0. The minimum absolute atomic E-state index is 0.219. The lowest BCUT2D eigenvalue weighted by molar-refractivity contribution is 0.410. The fourth-order valence-electron chi connectivity index (χ4n) is 1.29. The highest BCUT2D eigenvalue weighted by atomic mass is 32.2. The van der Waals surface area contributed by atoms with Crippen molar-refractivity contribution in [1.29, 1.82) is 0 Å². The molecule has 0 saturated carbocycles. The van der Waals surface area contributed by atoms with E-state index < -0.39 is 0 Å². The Morgan fingerprint density at radius 1 is 1.50 bits per heavy atom. The van der Waals surface area contributed by atoms with Crippen LogP contribution in [0, 0.1) is 5.82 Å². The third-order valence-corrected chi connectivity index (χ3v) is 3.38. The molecule has 0 radical (unpaired) electrons. The summed E-state index contributed by atoms with van der Waals surface area (Å²) in [5.41, 5.74) is 0.675. The van der Waals surface area contributed by atoms with Crippen molar-refractivity contribution in [2.24, 2.45) is 0 Å². The molecule has 0 fully saturated rings. The molecule has 1 unspecified atom stereocenters. The van der Waals surface area contributed by atoms with Crippen LogP contribution in [0.3, 0.4) is 0 Å². The molecule has 1 N–H and O–H groups in total. The summed E-state index contributed by atoms with van der Waals surface area (Å²) in [4.78, 5) is 0. The van der Waals surface area contributed by atoms with Crippen LogP contribution in [0.4, 0.5) is 4.39 Å². The Morgan fingerprint density at radius 2 is 2.25 bits per heavy atom. The second-order valence-electron chi connectivity index (χ2n) is 3.63. The van der Waals surface area contributed by atoms with Crippen LogP contribution < -0.4 is 10.1 Å². The predicted molar refractivity (Wildman–Crippen MR) is 67.6 cm³/mol. The number of hydrogen-bond acceptors (Lipinski definition) is 3. The molecular formula is C12H18FNOS. The number of thioether (sulfide) groups is 1. The molecule has 0 aliphatic carbocycles. The van der Waals surface area contributed by atoms with Crippen molar-refractivity contribution in [2.75, 3.05) is 19.9 Å². The zero-order valence-electron chi connectivity index (χ0n) is 9.92. The van der Waals surface area contributed by atoms with E-state index >= 15 is 0 Å². The van der Waals surface area contributed by atoms with Crippen molar-refractivity contribution in [1.82, 2.24) is 5.32 Å². The molecule has 0 amide bonds. The Bertz CT molecular complexity index is 333. The minimum atomic E-state index is -0.219. The monoisotopic (exact) mass is 243 g/mol. The van der Waals surface area contributed by atoms with E-state index in [0.717, 1.165) is 6.54 Å². The van der Waals surface area contributed by atoms with Crippen molar-refractivity contribution in [3.05, 3.63) is 29.6 Å². The van der Waals surface area contributed by atoms with E-state index in [1.165, 1.54) is 13.2 Å². The van der Waals surface area contributed by atoms with Gasteiger partial charge in [0.2, 0.25) is 0 Å². The first kappa shape index (κ1) is 13.3. The van der Waals surface area contributed by atoms with Gasteiger partial charge in [-0.2, -0.15) is 11.8 Å². The second kappa shape index (κ2) is 6.76. The van der Waals surface area contributed by atoms with Gasteiger partial charge in [0.15, 0.2) is 0 Å². The molecular weight excluding hydrogens is 225 g/mol. The normalized spacial score (nSPS) is 12.5.